The molecule has 0 atom stereocenters. The molecular formula is C26H16N6. The predicted octanol–water partition coefficient (Wildman–Crippen LogP) is 8.29. The number of rotatable bonds is 2. The van der Waals surface area contributed by atoms with Gasteiger partial charge < -0.3 is 0 Å². The molecule has 0 spiro atoms. The van der Waals surface area contributed by atoms with E-state index in [1.54, 1.807) is 0 Å². The van der Waals surface area contributed by atoms with Gasteiger partial charge in [0.25, 0.3) is 0 Å². The van der Waals surface area contributed by atoms with Crippen molar-refractivity contribution in [1.29, 1.82) is 0 Å². The molecule has 0 bridgehead atoms. The van der Waals surface area contributed by atoms with Crippen LogP contribution < -0.4 is 10.0 Å². The van der Waals surface area contributed by atoms with E-state index < -0.39 is 0 Å². The summed E-state index contributed by atoms with van der Waals surface area (Å²) in [5, 5.41) is 26.1. The summed E-state index contributed by atoms with van der Waals surface area (Å²) >= 11 is 0. The van der Waals surface area contributed by atoms with Crippen molar-refractivity contribution in [2.75, 3.05) is 10.0 Å². The molecule has 150 valence electrons. The fraction of sp³-hybridized carbons (Fsp3) is 0. The highest BCUT2D eigenvalue weighted by molar-refractivity contribution is 6.05. The average Bonchev–Trinajstić information content (AvgIpc) is 2.86. The summed E-state index contributed by atoms with van der Waals surface area (Å²) in [6.07, 6.45) is 0. The molecule has 5 aromatic carbocycles. The van der Waals surface area contributed by atoms with E-state index in [-0.39, 0.29) is 0 Å². The third kappa shape index (κ3) is 2.40. The minimum atomic E-state index is 0.895. The lowest BCUT2D eigenvalue weighted by Gasteiger charge is -2.25. The molecule has 0 fully saturated rings. The third-order valence-electron chi connectivity index (χ3n) is 6.00. The van der Waals surface area contributed by atoms with Crippen molar-refractivity contribution in [1.82, 2.24) is 0 Å². The second-order valence-electron chi connectivity index (χ2n) is 7.82. The molecule has 5 aromatic rings. The summed E-state index contributed by atoms with van der Waals surface area (Å²) in [5.74, 6) is 0. The minimum absolute atomic E-state index is 0.895. The zero-order valence-corrected chi connectivity index (χ0v) is 16.9. The van der Waals surface area contributed by atoms with Crippen LogP contribution in [0, 0.1) is 0 Å². The molecule has 7 rings (SSSR count). The van der Waals surface area contributed by atoms with Gasteiger partial charge in [0.2, 0.25) is 0 Å². The maximum Gasteiger partial charge on any atom is 0.0974 e. The number of benzene rings is 5. The second-order valence-corrected chi connectivity index (χ2v) is 7.82. The molecule has 6 heteroatoms. The smallest absolute Gasteiger partial charge is 0.0974 e. The van der Waals surface area contributed by atoms with Crippen LogP contribution in [-0.2, 0) is 0 Å². The molecule has 0 radical (unpaired) electrons. The van der Waals surface area contributed by atoms with Crippen molar-refractivity contribution in [3.63, 3.8) is 0 Å². The van der Waals surface area contributed by atoms with E-state index in [1.807, 2.05) is 58.5 Å². The van der Waals surface area contributed by atoms with Gasteiger partial charge in [-0.2, -0.15) is 0 Å². The van der Waals surface area contributed by atoms with Gasteiger partial charge in [-0.05, 0) is 59.3 Å². The quantitative estimate of drug-likeness (QED) is 0.293. The van der Waals surface area contributed by atoms with Crippen LogP contribution >= 0.6 is 0 Å². The molecule has 0 aliphatic carbocycles. The van der Waals surface area contributed by atoms with E-state index in [1.165, 1.54) is 0 Å². The SMILES string of the molecule is c1cc2c3c(cccc3c1)N(c1ccc(N3N=Nc4cccc5cccc3c45)cc1)N=N2. The first-order chi connectivity index (χ1) is 15.9. The summed E-state index contributed by atoms with van der Waals surface area (Å²) < 4.78 is 0. The molecule has 0 saturated carbocycles. The molecule has 6 nitrogen and oxygen atoms in total. The van der Waals surface area contributed by atoms with E-state index in [2.05, 4.69) is 69.2 Å². The van der Waals surface area contributed by atoms with Gasteiger partial charge in [-0.15, -0.1) is 10.2 Å². The van der Waals surface area contributed by atoms with Gasteiger partial charge in [-0.25, -0.2) is 10.0 Å². The van der Waals surface area contributed by atoms with Crippen LogP contribution in [0.5, 0.6) is 0 Å². The molecule has 0 aromatic heterocycles. The Bertz CT molecular complexity index is 1460. The van der Waals surface area contributed by atoms with E-state index in [0.717, 1.165) is 55.7 Å². The molecular weight excluding hydrogens is 396 g/mol. The van der Waals surface area contributed by atoms with Crippen LogP contribution in [0.25, 0.3) is 21.5 Å². The van der Waals surface area contributed by atoms with Gasteiger partial charge >= 0.3 is 0 Å². The Morgan fingerprint density at radius 2 is 0.844 bits per heavy atom. The first-order valence-corrected chi connectivity index (χ1v) is 10.4. The van der Waals surface area contributed by atoms with Crippen molar-refractivity contribution in [3.8, 4) is 0 Å². The Labute approximate surface area is 183 Å². The van der Waals surface area contributed by atoms with E-state index in [0.29, 0.717) is 0 Å². The van der Waals surface area contributed by atoms with Crippen LogP contribution in [0.4, 0.5) is 34.1 Å². The first-order valence-electron chi connectivity index (χ1n) is 10.4. The second kappa shape index (κ2) is 6.46. The average molecular weight is 412 g/mol. The lowest BCUT2D eigenvalue weighted by Crippen LogP contribution is -2.12. The van der Waals surface area contributed by atoms with Gasteiger partial charge in [0.15, 0.2) is 0 Å². The monoisotopic (exact) mass is 412 g/mol. The lowest BCUT2D eigenvalue weighted by atomic mass is 10.1. The number of anilines is 4. The fourth-order valence-electron chi connectivity index (χ4n) is 4.52. The largest absolute Gasteiger partial charge is 0.214 e. The van der Waals surface area contributed by atoms with Crippen LogP contribution in [0.3, 0.4) is 0 Å². The van der Waals surface area contributed by atoms with Crippen LogP contribution in [0.2, 0.25) is 0 Å². The van der Waals surface area contributed by atoms with Gasteiger partial charge in [0, 0.05) is 10.8 Å². The van der Waals surface area contributed by atoms with Crippen molar-refractivity contribution < 1.29 is 0 Å². The van der Waals surface area contributed by atoms with Crippen LogP contribution in [0.15, 0.2) is 118 Å². The molecule has 0 amide bonds. The van der Waals surface area contributed by atoms with E-state index in [9.17, 15) is 0 Å². The summed E-state index contributed by atoms with van der Waals surface area (Å²) in [6, 6.07) is 32.8. The van der Waals surface area contributed by atoms with Crippen molar-refractivity contribution in [2.24, 2.45) is 20.7 Å². The molecule has 32 heavy (non-hydrogen) atoms. The van der Waals surface area contributed by atoms with Gasteiger partial charge in [0.1, 0.15) is 0 Å². The summed E-state index contributed by atoms with van der Waals surface area (Å²) in [6.45, 7) is 0. The van der Waals surface area contributed by atoms with Crippen LogP contribution in [-0.4, -0.2) is 0 Å². The predicted molar refractivity (Wildman–Crippen MR) is 128 cm³/mol. The summed E-state index contributed by atoms with van der Waals surface area (Å²) in [5.41, 5.74) is 5.71. The number of hydrogen-bond donors (Lipinski definition) is 0. The minimum Gasteiger partial charge on any atom is -0.214 e. The molecule has 0 unspecified atom stereocenters. The Hall–Kier alpha value is -4.58. The molecule has 2 aliphatic heterocycles. The lowest BCUT2D eigenvalue weighted by molar-refractivity contribution is 0.955. The first kappa shape index (κ1) is 17.1. The van der Waals surface area contributed by atoms with Crippen molar-refractivity contribution in [3.05, 3.63) is 97.1 Å². The highest BCUT2D eigenvalue weighted by atomic mass is 15.6. The maximum absolute atomic E-state index is 4.47. The maximum atomic E-state index is 4.47. The number of nitrogens with zero attached hydrogens (tertiary/aromatic N) is 6. The van der Waals surface area contributed by atoms with Gasteiger partial charge in [-0.3, -0.25) is 0 Å². The van der Waals surface area contributed by atoms with Crippen LogP contribution in [0.1, 0.15) is 0 Å². The number of hydrogen-bond acceptors (Lipinski definition) is 6. The van der Waals surface area contributed by atoms with E-state index in [4.69, 9.17) is 0 Å². The standard InChI is InChI=1S/C26H16N6/c1-5-17-7-3-11-23-25(17)21(9-1)27-29-31(23)19-13-15-20(16-14-19)32-24-12-4-8-18-6-2-10-22(26(18)24)28-30-32/h1-16H. The topological polar surface area (TPSA) is 55.9 Å². The molecule has 2 aliphatic rings. The van der Waals surface area contributed by atoms with Crippen molar-refractivity contribution in [2.45, 2.75) is 0 Å². The van der Waals surface area contributed by atoms with Crippen molar-refractivity contribution >= 4 is 55.7 Å². The van der Waals surface area contributed by atoms with Gasteiger partial charge in [0.05, 0.1) is 34.1 Å². The zero-order valence-electron chi connectivity index (χ0n) is 16.9. The summed E-state index contributed by atoms with van der Waals surface area (Å²) in [4.78, 5) is 0. The van der Waals surface area contributed by atoms with E-state index >= 15 is 0 Å². The fourth-order valence-corrected chi connectivity index (χ4v) is 4.52. The third-order valence-corrected chi connectivity index (χ3v) is 6.00. The zero-order chi connectivity index (χ0) is 21.1. The molecule has 2 heterocycles. The highest BCUT2D eigenvalue weighted by Gasteiger charge is 2.21. The Balaban J connectivity index is 1.30. The summed E-state index contributed by atoms with van der Waals surface area (Å²) in [7, 11) is 0. The Morgan fingerprint density at radius 1 is 0.438 bits per heavy atom. The van der Waals surface area contributed by atoms with Gasteiger partial charge in [-0.1, -0.05) is 59.0 Å². The molecule has 0 saturated heterocycles. The Morgan fingerprint density at radius 3 is 1.28 bits per heavy atom. The normalized spacial score (nSPS) is 13.9. The highest BCUT2D eigenvalue weighted by Crippen LogP contribution is 2.44. The molecule has 0 N–H and O–H groups in total. The Kier molecular flexibility index (Phi) is 3.46.